The highest BCUT2D eigenvalue weighted by Crippen LogP contribution is 2.25. The number of halogens is 4. The zero-order chi connectivity index (χ0) is 8.43. The molecule has 0 aromatic heterocycles. The molecule has 0 saturated heterocycles. The van der Waals surface area contributed by atoms with E-state index in [0.717, 1.165) is 0 Å². The van der Waals surface area contributed by atoms with Crippen LogP contribution in [0.3, 0.4) is 0 Å². The molecule has 1 rings (SSSR count). The minimum Gasteiger partial charge on any atom is -0.206 e. The largest absolute Gasteiger partial charge is 0.206 e. The van der Waals surface area contributed by atoms with Gasteiger partial charge in [0.25, 0.3) is 0 Å². The summed E-state index contributed by atoms with van der Waals surface area (Å²) >= 11 is 13.2. The Balaban J connectivity index is 3.29. The van der Waals surface area contributed by atoms with Crippen LogP contribution in [0.2, 0.25) is 5.02 Å². The zero-order valence-corrected chi connectivity index (χ0v) is 9.04. The first kappa shape index (κ1) is 9.55. The lowest BCUT2D eigenvalue weighted by Crippen LogP contribution is -1.90. The number of hydrogen-bond acceptors (Lipinski definition) is 0. The summed E-state index contributed by atoms with van der Waals surface area (Å²) in [6, 6.07) is 2.84. The Kier molecular flexibility index (Phi) is 3.40. The van der Waals surface area contributed by atoms with E-state index < -0.39 is 0 Å². The number of rotatable bonds is 1. The molecule has 0 aliphatic carbocycles. The first-order valence-electron chi connectivity index (χ1n) is 2.85. The van der Waals surface area contributed by atoms with E-state index in [-0.39, 0.29) is 11.7 Å². The highest BCUT2D eigenvalue weighted by molar-refractivity contribution is 14.1. The van der Waals surface area contributed by atoms with E-state index >= 15 is 0 Å². The van der Waals surface area contributed by atoms with E-state index in [1.807, 2.05) is 22.6 Å². The molecule has 0 spiro atoms. The van der Waals surface area contributed by atoms with Crippen LogP contribution in [0, 0.1) is 9.39 Å². The van der Waals surface area contributed by atoms with E-state index in [2.05, 4.69) is 0 Å². The van der Waals surface area contributed by atoms with Gasteiger partial charge in [0, 0.05) is 16.5 Å². The van der Waals surface area contributed by atoms with Crippen molar-refractivity contribution in [2.75, 3.05) is 0 Å². The van der Waals surface area contributed by atoms with E-state index in [9.17, 15) is 4.39 Å². The molecule has 0 nitrogen and oxygen atoms in total. The molecule has 4 heteroatoms. The minimum atomic E-state index is -0.273. The van der Waals surface area contributed by atoms with Crippen molar-refractivity contribution in [3.63, 3.8) is 0 Å². The summed E-state index contributed by atoms with van der Waals surface area (Å²) in [7, 11) is 0. The van der Waals surface area contributed by atoms with E-state index in [1.54, 1.807) is 0 Å². The van der Waals surface area contributed by atoms with Crippen LogP contribution in [0.5, 0.6) is 0 Å². The van der Waals surface area contributed by atoms with Crippen molar-refractivity contribution in [1.29, 1.82) is 0 Å². The Labute approximate surface area is 87.8 Å². The predicted molar refractivity (Wildman–Crippen MR) is 53.7 cm³/mol. The van der Waals surface area contributed by atoms with Crippen molar-refractivity contribution < 1.29 is 4.39 Å². The maximum atomic E-state index is 12.8. The molecule has 0 amide bonds. The highest BCUT2D eigenvalue weighted by atomic mass is 127. The molecule has 0 N–H and O–H groups in total. The van der Waals surface area contributed by atoms with E-state index in [4.69, 9.17) is 23.2 Å². The van der Waals surface area contributed by atoms with Crippen molar-refractivity contribution in [1.82, 2.24) is 0 Å². The van der Waals surface area contributed by atoms with Crippen molar-refractivity contribution in [2.24, 2.45) is 0 Å². The Bertz CT molecular complexity index is 275. The number of alkyl halides is 1. The third kappa shape index (κ3) is 1.98. The first-order valence-corrected chi connectivity index (χ1v) is 4.84. The third-order valence-corrected chi connectivity index (χ3v) is 3.06. The molecule has 0 atom stereocenters. The molecule has 11 heavy (non-hydrogen) atoms. The van der Waals surface area contributed by atoms with E-state index in [0.29, 0.717) is 14.2 Å². The number of hydrogen-bond donors (Lipinski definition) is 0. The van der Waals surface area contributed by atoms with Gasteiger partial charge in [-0.25, -0.2) is 4.39 Å². The molecule has 0 radical (unpaired) electrons. The lowest BCUT2D eigenvalue weighted by molar-refractivity contribution is 0.618. The highest BCUT2D eigenvalue weighted by Gasteiger charge is 2.07. The van der Waals surface area contributed by atoms with Gasteiger partial charge in [0.15, 0.2) is 0 Å². The van der Waals surface area contributed by atoms with Gasteiger partial charge in [0.2, 0.25) is 0 Å². The van der Waals surface area contributed by atoms with Gasteiger partial charge in [-0.05, 0) is 34.7 Å². The van der Waals surface area contributed by atoms with Crippen molar-refractivity contribution in [3.8, 4) is 0 Å². The molecule has 0 aliphatic rings. The average molecular weight is 305 g/mol. The van der Waals surface area contributed by atoms with Crippen LogP contribution in [0.4, 0.5) is 4.39 Å². The van der Waals surface area contributed by atoms with Crippen LogP contribution >= 0.6 is 45.8 Å². The summed E-state index contributed by atoms with van der Waals surface area (Å²) in [4.78, 5) is 0. The molecular formula is C7H4Cl2FI. The predicted octanol–water partition coefficient (Wildman–Crippen LogP) is 3.82. The maximum Gasteiger partial charge on any atom is 0.136 e. The van der Waals surface area contributed by atoms with Crippen LogP contribution in [-0.4, -0.2) is 0 Å². The molecule has 0 unspecified atom stereocenters. The minimum absolute atomic E-state index is 0.245. The summed E-state index contributed by atoms with van der Waals surface area (Å²) in [6.07, 6.45) is 0. The summed E-state index contributed by atoms with van der Waals surface area (Å²) in [5.41, 5.74) is 0.661. The standard InChI is InChI=1S/C7H4Cl2FI/c8-3-4-5(9)1-2-6(10)7(4)11/h1-2H,3H2. The average Bonchev–Trinajstić information content (AvgIpc) is 1.99. The van der Waals surface area contributed by atoms with Gasteiger partial charge in [-0.2, -0.15) is 0 Å². The second-order valence-corrected chi connectivity index (χ2v) is 3.71. The van der Waals surface area contributed by atoms with Gasteiger partial charge >= 0.3 is 0 Å². The smallest absolute Gasteiger partial charge is 0.136 e. The monoisotopic (exact) mass is 304 g/mol. The lowest BCUT2D eigenvalue weighted by Gasteiger charge is -2.02. The fourth-order valence-electron chi connectivity index (χ4n) is 0.692. The quantitative estimate of drug-likeness (QED) is 0.420. The second kappa shape index (κ2) is 3.92. The van der Waals surface area contributed by atoms with Crippen LogP contribution in [0.1, 0.15) is 5.56 Å². The van der Waals surface area contributed by atoms with Crippen LogP contribution in [-0.2, 0) is 5.88 Å². The SMILES string of the molecule is Fc1ccc(Cl)c(CCl)c1I. The second-order valence-electron chi connectivity index (χ2n) is 1.96. The molecule has 0 aliphatic heterocycles. The van der Waals surface area contributed by atoms with Gasteiger partial charge in [0.05, 0.1) is 3.57 Å². The van der Waals surface area contributed by atoms with Gasteiger partial charge in [-0.1, -0.05) is 11.6 Å². The van der Waals surface area contributed by atoms with Gasteiger partial charge < -0.3 is 0 Å². The van der Waals surface area contributed by atoms with Gasteiger partial charge in [-0.3, -0.25) is 0 Å². The van der Waals surface area contributed by atoms with E-state index in [1.165, 1.54) is 12.1 Å². The molecule has 0 fully saturated rings. The molecule has 1 aromatic carbocycles. The van der Waals surface area contributed by atoms with Crippen molar-refractivity contribution in [3.05, 3.63) is 32.1 Å². The lowest BCUT2D eigenvalue weighted by atomic mass is 10.2. The summed E-state index contributed by atoms with van der Waals surface area (Å²) < 4.78 is 13.3. The fraction of sp³-hybridized carbons (Fsp3) is 0.143. The van der Waals surface area contributed by atoms with Crippen LogP contribution in [0.15, 0.2) is 12.1 Å². The Morgan fingerprint density at radius 1 is 1.45 bits per heavy atom. The van der Waals surface area contributed by atoms with Gasteiger partial charge in [-0.15, -0.1) is 11.6 Å². The molecule has 0 saturated carbocycles. The topological polar surface area (TPSA) is 0 Å². The van der Waals surface area contributed by atoms with Crippen molar-refractivity contribution >= 4 is 45.8 Å². The normalized spacial score (nSPS) is 10.2. The number of benzene rings is 1. The first-order chi connectivity index (χ1) is 5.16. The molecule has 1 aromatic rings. The Morgan fingerprint density at radius 2 is 2.09 bits per heavy atom. The molecule has 0 heterocycles. The summed E-state index contributed by atoms with van der Waals surface area (Å²) in [5, 5.41) is 0.519. The Hall–Kier alpha value is 0.460. The molecule has 0 bridgehead atoms. The molecule has 60 valence electrons. The maximum absolute atomic E-state index is 12.8. The summed E-state index contributed by atoms with van der Waals surface area (Å²) in [5.74, 6) is -0.0276. The van der Waals surface area contributed by atoms with Crippen LogP contribution < -0.4 is 0 Å². The van der Waals surface area contributed by atoms with Crippen molar-refractivity contribution in [2.45, 2.75) is 5.88 Å². The van der Waals surface area contributed by atoms with Gasteiger partial charge in [0.1, 0.15) is 5.82 Å². The Morgan fingerprint density at radius 3 is 2.55 bits per heavy atom. The third-order valence-electron chi connectivity index (χ3n) is 1.27. The fourth-order valence-corrected chi connectivity index (χ4v) is 2.31. The zero-order valence-electron chi connectivity index (χ0n) is 5.37. The molecular weight excluding hydrogens is 301 g/mol. The van der Waals surface area contributed by atoms with Crippen LogP contribution in [0.25, 0.3) is 0 Å². The summed E-state index contributed by atoms with van der Waals surface area (Å²) in [6.45, 7) is 0.